The molecular formula is C18H16Cl2N6O2. The maximum atomic E-state index is 12.4. The molecule has 0 unspecified atom stereocenters. The number of benzene rings is 2. The fraction of sp³-hybridized carbons (Fsp3) is 0.0556. The summed E-state index contributed by atoms with van der Waals surface area (Å²) in [7, 11) is 1.49. The SMILES string of the molecule is COc1ccccc1C(=O)NNc1ncnc(Nc2cccc(Cl)c2Cl)c1N. The number of para-hydroxylation sites is 1. The van der Waals surface area contributed by atoms with Crippen LogP contribution in [0.4, 0.5) is 23.0 Å². The molecule has 144 valence electrons. The molecule has 1 amide bonds. The molecule has 0 spiro atoms. The quantitative estimate of drug-likeness (QED) is 0.449. The number of halogens is 2. The first-order chi connectivity index (χ1) is 13.5. The van der Waals surface area contributed by atoms with E-state index in [1.165, 1.54) is 13.4 Å². The van der Waals surface area contributed by atoms with Crippen LogP contribution in [0.2, 0.25) is 10.0 Å². The second kappa shape index (κ2) is 8.64. The number of nitrogens with one attached hydrogen (secondary N) is 3. The third kappa shape index (κ3) is 4.19. The van der Waals surface area contributed by atoms with Gasteiger partial charge in [0.25, 0.3) is 5.91 Å². The molecule has 0 aliphatic heterocycles. The predicted octanol–water partition coefficient (Wildman–Crippen LogP) is 3.87. The van der Waals surface area contributed by atoms with Gasteiger partial charge in [0.2, 0.25) is 0 Å². The lowest BCUT2D eigenvalue weighted by Gasteiger charge is -2.14. The summed E-state index contributed by atoms with van der Waals surface area (Å²) in [5.74, 6) is 0.533. The topological polar surface area (TPSA) is 114 Å². The lowest BCUT2D eigenvalue weighted by atomic mass is 10.2. The molecule has 8 nitrogen and oxygen atoms in total. The van der Waals surface area contributed by atoms with Crippen LogP contribution in [0.1, 0.15) is 10.4 Å². The van der Waals surface area contributed by atoms with Gasteiger partial charge in [-0.2, -0.15) is 0 Å². The summed E-state index contributed by atoms with van der Waals surface area (Å²) in [6.45, 7) is 0. The Morgan fingerprint density at radius 2 is 1.82 bits per heavy atom. The summed E-state index contributed by atoms with van der Waals surface area (Å²) in [5.41, 5.74) is 12.4. The minimum absolute atomic E-state index is 0.180. The van der Waals surface area contributed by atoms with Crippen molar-refractivity contribution < 1.29 is 9.53 Å². The number of hydrazine groups is 1. The average Bonchev–Trinajstić information content (AvgIpc) is 2.71. The van der Waals surface area contributed by atoms with Crippen LogP contribution in [0.5, 0.6) is 5.75 Å². The minimum Gasteiger partial charge on any atom is -0.496 e. The van der Waals surface area contributed by atoms with E-state index < -0.39 is 5.91 Å². The van der Waals surface area contributed by atoms with Crippen LogP contribution in [0.3, 0.4) is 0 Å². The number of carbonyl (C=O) groups excluding carboxylic acids is 1. The summed E-state index contributed by atoms with van der Waals surface area (Å²) in [6.07, 6.45) is 1.29. The Morgan fingerprint density at radius 3 is 2.61 bits per heavy atom. The van der Waals surface area contributed by atoms with E-state index in [0.29, 0.717) is 32.9 Å². The molecule has 0 radical (unpaired) electrons. The van der Waals surface area contributed by atoms with E-state index in [4.69, 9.17) is 33.7 Å². The highest BCUT2D eigenvalue weighted by Gasteiger charge is 2.14. The minimum atomic E-state index is -0.414. The maximum Gasteiger partial charge on any atom is 0.273 e. The predicted molar refractivity (Wildman–Crippen MR) is 110 cm³/mol. The first kappa shape index (κ1) is 19.5. The highest BCUT2D eigenvalue weighted by molar-refractivity contribution is 6.43. The molecular weight excluding hydrogens is 403 g/mol. The fourth-order valence-corrected chi connectivity index (χ4v) is 2.69. The van der Waals surface area contributed by atoms with Crippen LogP contribution >= 0.6 is 23.2 Å². The number of carbonyl (C=O) groups is 1. The summed E-state index contributed by atoms with van der Waals surface area (Å²) in [6, 6.07) is 11.9. The van der Waals surface area contributed by atoms with Crippen LogP contribution in [-0.4, -0.2) is 23.0 Å². The van der Waals surface area contributed by atoms with Gasteiger partial charge in [-0.1, -0.05) is 41.4 Å². The Morgan fingerprint density at radius 1 is 1.07 bits per heavy atom. The van der Waals surface area contributed by atoms with Gasteiger partial charge in [0, 0.05) is 0 Å². The third-order valence-electron chi connectivity index (χ3n) is 3.73. The molecule has 3 aromatic rings. The lowest BCUT2D eigenvalue weighted by molar-refractivity contribution is 0.0959. The van der Waals surface area contributed by atoms with Crippen molar-refractivity contribution in [3.8, 4) is 5.75 Å². The lowest BCUT2D eigenvalue weighted by Crippen LogP contribution is -2.30. The Bertz CT molecular complexity index is 1020. The standard InChI is InChI=1S/C18H16Cl2N6O2/c1-28-13-8-3-2-5-10(13)18(27)26-25-17-15(21)16(22-9-23-17)24-12-7-4-6-11(19)14(12)20/h2-9H,21H2,1H3,(H,26,27)(H2,22,23,24,25). The normalized spacial score (nSPS) is 10.2. The second-order valence-corrected chi connectivity index (χ2v) is 6.28. The van der Waals surface area contributed by atoms with Gasteiger partial charge in [0.15, 0.2) is 11.6 Å². The fourth-order valence-electron chi connectivity index (χ4n) is 2.34. The van der Waals surface area contributed by atoms with Crippen molar-refractivity contribution >= 4 is 52.1 Å². The molecule has 1 aromatic heterocycles. The molecule has 5 N–H and O–H groups in total. The smallest absolute Gasteiger partial charge is 0.273 e. The van der Waals surface area contributed by atoms with Crippen molar-refractivity contribution in [1.29, 1.82) is 0 Å². The summed E-state index contributed by atoms with van der Waals surface area (Å²) >= 11 is 12.2. The number of ether oxygens (including phenoxy) is 1. The largest absolute Gasteiger partial charge is 0.496 e. The maximum absolute atomic E-state index is 12.4. The Labute approximate surface area is 171 Å². The average molecular weight is 419 g/mol. The number of amides is 1. The van der Waals surface area contributed by atoms with Crippen LogP contribution in [0.25, 0.3) is 0 Å². The van der Waals surface area contributed by atoms with E-state index in [-0.39, 0.29) is 11.5 Å². The first-order valence-corrected chi connectivity index (χ1v) is 8.77. The zero-order valence-electron chi connectivity index (χ0n) is 14.7. The van der Waals surface area contributed by atoms with Crippen LogP contribution in [-0.2, 0) is 0 Å². The van der Waals surface area contributed by atoms with Gasteiger partial charge >= 0.3 is 0 Å². The summed E-state index contributed by atoms with van der Waals surface area (Å²) in [5, 5.41) is 3.72. The number of hydrogen-bond donors (Lipinski definition) is 4. The molecule has 2 aromatic carbocycles. The molecule has 0 fully saturated rings. The number of hydrogen-bond acceptors (Lipinski definition) is 7. The van der Waals surface area contributed by atoms with E-state index >= 15 is 0 Å². The number of nitrogens with two attached hydrogens (primary N) is 1. The van der Waals surface area contributed by atoms with Crippen molar-refractivity contribution in [2.75, 3.05) is 23.6 Å². The zero-order valence-corrected chi connectivity index (χ0v) is 16.2. The highest BCUT2D eigenvalue weighted by atomic mass is 35.5. The molecule has 1 heterocycles. The molecule has 0 saturated heterocycles. The van der Waals surface area contributed by atoms with E-state index in [1.807, 2.05) is 0 Å². The molecule has 10 heteroatoms. The monoisotopic (exact) mass is 418 g/mol. The molecule has 0 aliphatic rings. The molecule has 0 bridgehead atoms. The summed E-state index contributed by atoms with van der Waals surface area (Å²) in [4.78, 5) is 20.5. The van der Waals surface area contributed by atoms with Crippen molar-refractivity contribution in [2.24, 2.45) is 0 Å². The first-order valence-electron chi connectivity index (χ1n) is 8.02. The number of nitrogen functional groups attached to an aromatic ring is 1. The van der Waals surface area contributed by atoms with E-state index in [0.717, 1.165) is 0 Å². The number of rotatable bonds is 6. The third-order valence-corrected chi connectivity index (χ3v) is 4.55. The second-order valence-electron chi connectivity index (χ2n) is 5.49. The van der Waals surface area contributed by atoms with E-state index in [1.54, 1.807) is 42.5 Å². The number of anilines is 4. The van der Waals surface area contributed by atoms with Gasteiger partial charge < -0.3 is 15.8 Å². The molecule has 0 aliphatic carbocycles. The van der Waals surface area contributed by atoms with E-state index in [2.05, 4.69) is 26.1 Å². The van der Waals surface area contributed by atoms with Gasteiger partial charge in [0.1, 0.15) is 17.8 Å². The molecule has 0 saturated carbocycles. The Hall–Kier alpha value is -3.23. The van der Waals surface area contributed by atoms with E-state index in [9.17, 15) is 4.79 Å². The van der Waals surface area contributed by atoms with Crippen molar-refractivity contribution in [3.63, 3.8) is 0 Å². The van der Waals surface area contributed by atoms with Crippen LogP contribution in [0.15, 0.2) is 48.8 Å². The van der Waals surface area contributed by atoms with Gasteiger partial charge in [-0.3, -0.25) is 15.6 Å². The van der Waals surface area contributed by atoms with Crippen LogP contribution < -0.4 is 26.6 Å². The van der Waals surface area contributed by atoms with Gasteiger partial charge in [0.05, 0.1) is 28.4 Å². The number of methoxy groups -OCH3 is 1. The Kier molecular flexibility index (Phi) is 6.03. The molecule has 28 heavy (non-hydrogen) atoms. The van der Waals surface area contributed by atoms with Gasteiger partial charge in [-0.05, 0) is 24.3 Å². The van der Waals surface area contributed by atoms with Gasteiger partial charge in [-0.15, -0.1) is 0 Å². The molecule has 3 rings (SSSR count). The zero-order chi connectivity index (χ0) is 20.1. The Balaban J connectivity index is 1.76. The number of aromatic nitrogens is 2. The number of nitrogens with zero attached hydrogens (tertiary/aromatic N) is 2. The van der Waals surface area contributed by atoms with Gasteiger partial charge in [-0.25, -0.2) is 9.97 Å². The molecule has 0 atom stereocenters. The van der Waals surface area contributed by atoms with Crippen molar-refractivity contribution in [3.05, 3.63) is 64.4 Å². The highest BCUT2D eigenvalue weighted by Crippen LogP contribution is 2.33. The van der Waals surface area contributed by atoms with Crippen molar-refractivity contribution in [2.45, 2.75) is 0 Å². The summed E-state index contributed by atoms with van der Waals surface area (Å²) < 4.78 is 5.18. The van der Waals surface area contributed by atoms with Crippen LogP contribution in [0, 0.1) is 0 Å². The van der Waals surface area contributed by atoms with Crippen molar-refractivity contribution in [1.82, 2.24) is 15.4 Å².